The highest BCUT2D eigenvalue weighted by atomic mass is 16.5. The Morgan fingerprint density at radius 1 is 1.24 bits per heavy atom. The number of aryl methyl sites for hydroxylation is 1. The molecule has 0 saturated carbocycles. The zero-order chi connectivity index (χ0) is 18.1. The fraction of sp³-hybridized carbons (Fsp3) is 0.250. The molecule has 130 valence electrons. The van der Waals surface area contributed by atoms with E-state index in [1.807, 2.05) is 12.2 Å². The van der Waals surface area contributed by atoms with Crippen LogP contribution in [0.5, 0.6) is 0 Å². The van der Waals surface area contributed by atoms with E-state index in [-0.39, 0.29) is 0 Å². The van der Waals surface area contributed by atoms with Crippen LogP contribution in [0.2, 0.25) is 0 Å². The second-order valence-electron chi connectivity index (χ2n) is 6.55. The first-order chi connectivity index (χ1) is 12.1. The van der Waals surface area contributed by atoms with Crippen molar-refractivity contribution in [3.8, 4) is 0 Å². The lowest BCUT2D eigenvalue weighted by molar-refractivity contribution is 0.249. The molecule has 0 radical (unpaired) electrons. The largest absolute Gasteiger partial charge is 0.489 e. The van der Waals surface area contributed by atoms with Gasteiger partial charge in [-0.2, -0.15) is 0 Å². The molecule has 0 aromatic heterocycles. The number of ether oxygens (including phenoxy) is 1. The molecule has 0 amide bonds. The average Bonchev–Trinajstić information content (AvgIpc) is 2.63. The van der Waals surface area contributed by atoms with Crippen LogP contribution in [0, 0.1) is 5.92 Å². The Labute approximate surface area is 152 Å². The van der Waals surface area contributed by atoms with E-state index in [2.05, 4.69) is 69.1 Å². The summed E-state index contributed by atoms with van der Waals surface area (Å²) in [5.74, 6) is 1.40. The van der Waals surface area contributed by atoms with Gasteiger partial charge in [0.15, 0.2) is 0 Å². The quantitative estimate of drug-likeness (QED) is 0.479. The van der Waals surface area contributed by atoms with Crippen molar-refractivity contribution in [1.29, 1.82) is 0 Å². The normalized spacial score (nSPS) is 16.9. The molecule has 1 aromatic carbocycles. The minimum absolute atomic E-state index is 0.476. The smallest absolute Gasteiger partial charge is 0.116 e. The summed E-state index contributed by atoms with van der Waals surface area (Å²) in [6, 6.07) is 10.6. The van der Waals surface area contributed by atoms with Gasteiger partial charge in [-0.25, -0.2) is 0 Å². The predicted octanol–water partition coefficient (Wildman–Crippen LogP) is 6.34. The molecule has 0 heterocycles. The first-order valence-corrected chi connectivity index (χ1v) is 8.80. The number of rotatable bonds is 9. The third-order valence-electron chi connectivity index (χ3n) is 4.29. The monoisotopic (exact) mass is 332 g/mol. The van der Waals surface area contributed by atoms with Crippen LogP contribution in [0.3, 0.4) is 0 Å². The van der Waals surface area contributed by atoms with Gasteiger partial charge in [0.05, 0.1) is 0 Å². The van der Waals surface area contributed by atoms with Crippen LogP contribution in [-0.4, -0.2) is 6.61 Å². The predicted molar refractivity (Wildman–Crippen MR) is 108 cm³/mol. The highest BCUT2D eigenvalue weighted by Gasteiger charge is 2.17. The molecule has 25 heavy (non-hydrogen) atoms. The van der Waals surface area contributed by atoms with Gasteiger partial charge in [-0.1, -0.05) is 73.9 Å². The highest BCUT2D eigenvalue weighted by molar-refractivity contribution is 5.37. The van der Waals surface area contributed by atoms with E-state index in [0.29, 0.717) is 12.5 Å². The van der Waals surface area contributed by atoms with Crippen molar-refractivity contribution in [3.05, 3.63) is 108 Å². The van der Waals surface area contributed by atoms with Gasteiger partial charge in [0.2, 0.25) is 0 Å². The van der Waals surface area contributed by atoms with Crippen molar-refractivity contribution in [3.63, 3.8) is 0 Å². The molecule has 0 spiro atoms. The molecule has 0 bridgehead atoms. The number of allylic oxidation sites excluding steroid dienone is 6. The Morgan fingerprint density at radius 3 is 2.68 bits per heavy atom. The number of hydrogen-bond acceptors (Lipinski definition) is 1. The van der Waals surface area contributed by atoms with Gasteiger partial charge in [-0.05, 0) is 61.0 Å². The molecule has 2 rings (SSSR count). The zero-order valence-electron chi connectivity index (χ0n) is 15.2. The summed E-state index contributed by atoms with van der Waals surface area (Å²) in [6.45, 7) is 14.3. The molecule has 1 aromatic rings. The molecule has 1 atom stereocenters. The summed E-state index contributed by atoms with van der Waals surface area (Å²) in [5, 5.41) is 0. The lowest BCUT2D eigenvalue weighted by Crippen LogP contribution is -2.09. The number of benzene rings is 1. The van der Waals surface area contributed by atoms with Crippen LogP contribution >= 0.6 is 0 Å². The molecule has 1 heteroatoms. The molecule has 0 N–H and O–H groups in total. The summed E-state index contributed by atoms with van der Waals surface area (Å²) in [5.41, 5.74) is 4.71. The van der Waals surface area contributed by atoms with Gasteiger partial charge in [0.1, 0.15) is 12.4 Å². The Hall–Kier alpha value is -2.54. The van der Waals surface area contributed by atoms with Crippen molar-refractivity contribution >= 4 is 0 Å². The van der Waals surface area contributed by atoms with Crippen LogP contribution in [-0.2, 0) is 11.2 Å². The maximum atomic E-state index is 5.96. The molecule has 0 fully saturated rings. The number of hydrogen-bond donors (Lipinski definition) is 0. The molecule has 1 aliphatic rings. The molecule has 0 saturated heterocycles. The molecule has 0 aliphatic heterocycles. The third kappa shape index (κ3) is 6.46. The summed E-state index contributed by atoms with van der Waals surface area (Å²) in [6.07, 6.45) is 13.1. The maximum Gasteiger partial charge on any atom is 0.116 e. The second-order valence-corrected chi connectivity index (χ2v) is 6.55. The van der Waals surface area contributed by atoms with Crippen molar-refractivity contribution in [2.75, 3.05) is 6.61 Å². The van der Waals surface area contributed by atoms with Gasteiger partial charge >= 0.3 is 0 Å². The Balaban J connectivity index is 2.00. The highest BCUT2D eigenvalue weighted by Crippen LogP contribution is 2.30. The van der Waals surface area contributed by atoms with Crippen molar-refractivity contribution < 1.29 is 4.74 Å². The summed E-state index contributed by atoms with van der Waals surface area (Å²) >= 11 is 0. The van der Waals surface area contributed by atoms with Gasteiger partial charge in [-0.15, -0.1) is 0 Å². The summed E-state index contributed by atoms with van der Waals surface area (Å²) in [7, 11) is 0. The van der Waals surface area contributed by atoms with E-state index in [0.717, 1.165) is 36.2 Å². The molecule has 1 aliphatic carbocycles. The Kier molecular flexibility index (Phi) is 7.28. The average molecular weight is 332 g/mol. The Bertz CT molecular complexity index is 701. The van der Waals surface area contributed by atoms with Gasteiger partial charge < -0.3 is 4.74 Å². The van der Waals surface area contributed by atoms with E-state index in [9.17, 15) is 0 Å². The van der Waals surface area contributed by atoms with Crippen LogP contribution in [0.25, 0.3) is 0 Å². The topological polar surface area (TPSA) is 9.23 Å². The SMILES string of the molecule is C=C/C=C\C(=C)COC1=CC(CCc2ccccc2)CC(C(=C)C)=C1. The van der Waals surface area contributed by atoms with E-state index < -0.39 is 0 Å². The van der Waals surface area contributed by atoms with E-state index in [1.54, 1.807) is 6.08 Å². The fourth-order valence-electron chi connectivity index (χ4n) is 2.85. The second kappa shape index (κ2) is 9.68. The van der Waals surface area contributed by atoms with Crippen LogP contribution in [0.1, 0.15) is 25.3 Å². The van der Waals surface area contributed by atoms with Crippen LogP contribution in [0.15, 0.2) is 103 Å². The van der Waals surface area contributed by atoms with E-state index in [1.165, 1.54) is 11.1 Å². The standard InChI is InChI=1S/C24H28O/c1-5-6-10-20(4)18-25-24-16-22(15-23(17-24)19(2)3)14-13-21-11-8-7-9-12-21/h5-12,16-17,22H,1-2,4,13-15,18H2,3H3/b10-6-. The first kappa shape index (κ1) is 18.8. The molecular weight excluding hydrogens is 304 g/mol. The van der Waals surface area contributed by atoms with Crippen LogP contribution < -0.4 is 0 Å². The lowest BCUT2D eigenvalue weighted by Gasteiger charge is -2.22. The molecule has 1 unspecified atom stereocenters. The lowest BCUT2D eigenvalue weighted by atomic mass is 9.86. The summed E-state index contributed by atoms with van der Waals surface area (Å²) < 4.78 is 5.96. The zero-order valence-corrected chi connectivity index (χ0v) is 15.2. The third-order valence-corrected chi connectivity index (χ3v) is 4.29. The minimum atomic E-state index is 0.476. The van der Waals surface area contributed by atoms with Crippen molar-refractivity contribution in [2.45, 2.75) is 26.2 Å². The maximum absolute atomic E-state index is 5.96. The summed E-state index contributed by atoms with van der Waals surface area (Å²) in [4.78, 5) is 0. The van der Waals surface area contributed by atoms with Crippen LogP contribution in [0.4, 0.5) is 0 Å². The van der Waals surface area contributed by atoms with Crippen molar-refractivity contribution in [2.24, 2.45) is 5.92 Å². The van der Waals surface area contributed by atoms with Crippen molar-refractivity contribution in [1.82, 2.24) is 0 Å². The van der Waals surface area contributed by atoms with Gasteiger partial charge in [-0.3, -0.25) is 0 Å². The Morgan fingerprint density at radius 2 is 2.00 bits per heavy atom. The molecule has 1 nitrogen and oxygen atoms in total. The van der Waals surface area contributed by atoms with Gasteiger partial charge in [0.25, 0.3) is 0 Å². The van der Waals surface area contributed by atoms with E-state index in [4.69, 9.17) is 4.74 Å². The minimum Gasteiger partial charge on any atom is -0.489 e. The first-order valence-electron chi connectivity index (χ1n) is 8.80. The van der Waals surface area contributed by atoms with E-state index >= 15 is 0 Å². The fourth-order valence-corrected chi connectivity index (χ4v) is 2.85. The molecular formula is C24H28O. The van der Waals surface area contributed by atoms with Gasteiger partial charge in [0, 0.05) is 0 Å².